The van der Waals surface area contributed by atoms with Crippen LogP contribution in [0.5, 0.6) is 0 Å². The topological polar surface area (TPSA) is 96.0 Å². The summed E-state index contributed by atoms with van der Waals surface area (Å²) in [5.74, 6) is -1.02. The molecule has 0 spiro atoms. The molecule has 0 unspecified atom stereocenters. The Morgan fingerprint density at radius 3 is 2.46 bits per heavy atom. The van der Waals surface area contributed by atoms with Crippen molar-refractivity contribution >= 4 is 22.6 Å². The first-order chi connectivity index (χ1) is 12.6. The van der Waals surface area contributed by atoms with Gasteiger partial charge >= 0.3 is 0 Å². The van der Waals surface area contributed by atoms with Gasteiger partial charge in [-0.25, -0.2) is 0 Å². The molecule has 5 nitrogen and oxygen atoms in total. The van der Waals surface area contributed by atoms with E-state index in [2.05, 4.69) is 11.4 Å². The van der Waals surface area contributed by atoms with E-state index in [0.29, 0.717) is 16.7 Å². The number of nitriles is 1. The van der Waals surface area contributed by atoms with Crippen LogP contribution in [0.2, 0.25) is 0 Å². The van der Waals surface area contributed by atoms with Crippen molar-refractivity contribution < 1.29 is 9.59 Å². The number of carbonyl (C=O) groups excluding carboxylic acids is 2. The highest BCUT2D eigenvalue weighted by Crippen LogP contribution is 2.19. The number of nitrogens with one attached hydrogen (secondary N) is 1. The number of hydrogen-bond donors (Lipinski definition) is 2. The molecule has 0 saturated carbocycles. The third-order valence-corrected chi connectivity index (χ3v) is 4.24. The van der Waals surface area contributed by atoms with Crippen LogP contribution in [0.3, 0.4) is 0 Å². The van der Waals surface area contributed by atoms with Crippen molar-refractivity contribution in [2.75, 3.05) is 0 Å². The minimum atomic E-state index is -0.907. The summed E-state index contributed by atoms with van der Waals surface area (Å²) in [4.78, 5) is 24.6. The van der Waals surface area contributed by atoms with E-state index in [9.17, 15) is 14.9 Å². The summed E-state index contributed by atoms with van der Waals surface area (Å²) in [5.41, 5.74) is 7.07. The lowest BCUT2D eigenvalue weighted by Crippen LogP contribution is -2.46. The van der Waals surface area contributed by atoms with E-state index < -0.39 is 11.9 Å². The van der Waals surface area contributed by atoms with Gasteiger partial charge in [0.05, 0.1) is 11.6 Å². The van der Waals surface area contributed by atoms with Gasteiger partial charge in [-0.2, -0.15) is 5.26 Å². The van der Waals surface area contributed by atoms with Crippen molar-refractivity contribution in [2.24, 2.45) is 5.73 Å². The summed E-state index contributed by atoms with van der Waals surface area (Å²) in [6.07, 6.45) is 0.162. The van der Waals surface area contributed by atoms with Gasteiger partial charge in [-0.3, -0.25) is 9.59 Å². The predicted molar refractivity (Wildman–Crippen MR) is 99.3 cm³/mol. The normalized spacial score (nSPS) is 11.5. The number of amides is 2. The van der Waals surface area contributed by atoms with Gasteiger partial charge in [0.25, 0.3) is 5.91 Å². The fourth-order valence-corrected chi connectivity index (χ4v) is 2.91. The molecule has 0 saturated heterocycles. The summed E-state index contributed by atoms with van der Waals surface area (Å²) >= 11 is 0. The van der Waals surface area contributed by atoms with Crippen molar-refractivity contribution in [3.63, 3.8) is 0 Å². The molecule has 0 aliphatic heterocycles. The van der Waals surface area contributed by atoms with Gasteiger partial charge in [-0.05, 0) is 28.5 Å². The smallest absolute Gasteiger partial charge is 0.252 e. The molecule has 0 aliphatic carbocycles. The number of primary amides is 1. The second kappa shape index (κ2) is 7.49. The monoisotopic (exact) mass is 343 g/mol. The van der Waals surface area contributed by atoms with Crippen LogP contribution in [0.15, 0.2) is 66.7 Å². The molecular formula is C21H17N3O2. The molecular weight excluding hydrogens is 326 g/mol. The van der Waals surface area contributed by atoms with Gasteiger partial charge in [0.2, 0.25) is 5.91 Å². The van der Waals surface area contributed by atoms with Gasteiger partial charge in [-0.1, -0.05) is 54.6 Å². The molecule has 0 radical (unpaired) electrons. The van der Waals surface area contributed by atoms with E-state index in [1.807, 2.05) is 30.3 Å². The SMILES string of the molecule is N#Cc1ccccc1C[C@@H](NC(=O)c1cccc2ccccc12)C(N)=O. The standard InChI is InChI=1S/C21H17N3O2/c22-13-16-8-2-1-7-15(16)12-19(20(23)25)24-21(26)18-11-5-9-14-6-3-4-10-17(14)18/h1-11,19H,12H2,(H2,23,25)(H,24,26)/t19-/m1/s1. The van der Waals surface area contributed by atoms with Crippen LogP contribution in [0.1, 0.15) is 21.5 Å². The number of nitrogens with two attached hydrogens (primary N) is 1. The van der Waals surface area contributed by atoms with Crippen LogP contribution >= 0.6 is 0 Å². The second-order valence-electron chi connectivity index (χ2n) is 5.93. The molecule has 0 bridgehead atoms. The maximum Gasteiger partial charge on any atom is 0.252 e. The predicted octanol–water partition coefficient (Wildman–Crippen LogP) is 2.54. The maximum absolute atomic E-state index is 12.7. The minimum absolute atomic E-state index is 0.162. The molecule has 3 aromatic carbocycles. The summed E-state index contributed by atoms with van der Waals surface area (Å²) in [6.45, 7) is 0. The molecule has 128 valence electrons. The van der Waals surface area contributed by atoms with Gasteiger partial charge in [0, 0.05) is 12.0 Å². The van der Waals surface area contributed by atoms with E-state index in [1.54, 1.807) is 36.4 Å². The molecule has 3 aromatic rings. The molecule has 2 amide bonds. The van der Waals surface area contributed by atoms with E-state index in [0.717, 1.165) is 10.8 Å². The summed E-state index contributed by atoms with van der Waals surface area (Å²) in [6, 6.07) is 21.1. The largest absolute Gasteiger partial charge is 0.368 e. The number of rotatable bonds is 5. The molecule has 26 heavy (non-hydrogen) atoms. The molecule has 0 aliphatic rings. The van der Waals surface area contributed by atoms with E-state index >= 15 is 0 Å². The van der Waals surface area contributed by atoms with Gasteiger partial charge < -0.3 is 11.1 Å². The van der Waals surface area contributed by atoms with E-state index in [-0.39, 0.29) is 12.3 Å². The third kappa shape index (κ3) is 3.55. The Kier molecular flexibility index (Phi) is 4.95. The molecule has 3 N–H and O–H groups in total. The first-order valence-corrected chi connectivity index (χ1v) is 8.16. The highest BCUT2D eigenvalue weighted by molar-refractivity contribution is 6.08. The van der Waals surface area contributed by atoms with Crippen LogP contribution in [0.25, 0.3) is 10.8 Å². The molecule has 1 atom stereocenters. The van der Waals surface area contributed by atoms with Crippen LogP contribution in [-0.2, 0) is 11.2 Å². The van der Waals surface area contributed by atoms with E-state index in [1.165, 1.54) is 0 Å². The maximum atomic E-state index is 12.7. The van der Waals surface area contributed by atoms with Gasteiger partial charge in [0.15, 0.2) is 0 Å². The zero-order valence-corrected chi connectivity index (χ0v) is 14.0. The zero-order valence-electron chi connectivity index (χ0n) is 14.0. The molecule has 0 aromatic heterocycles. The number of fused-ring (bicyclic) bond motifs is 1. The average molecular weight is 343 g/mol. The Labute approximate surface area is 151 Å². The van der Waals surface area contributed by atoms with Gasteiger partial charge in [0.1, 0.15) is 6.04 Å². The van der Waals surface area contributed by atoms with E-state index in [4.69, 9.17) is 5.73 Å². The van der Waals surface area contributed by atoms with Crippen LogP contribution < -0.4 is 11.1 Å². The zero-order chi connectivity index (χ0) is 18.5. The van der Waals surface area contributed by atoms with Crippen molar-refractivity contribution in [1.82, 2.24) is 5.32 Å². The number of benzene rings is 3. The van der Waals surface area contributed by atoms with Crippen LogP contribution in [0.4, 0.5) is 0 Å². The van der Waals surface area contributed by atoms with Crippen LogP contribution in [-0.4, -0.2) is 17.9 Å². The van der Waals surface area contributed by atoms with Gasteiger partial charge in [-0.15, -0.1) is 0 Å². The molecule has 0 fully saturated rings. The molecule has 0 heterocycles. The third-order valence-electron chi connectivity index (χ3n) is 4.24. The fraction of sp³-hybridized carbons (Fsp3) is 0.0952. The van der Waals surface area contributed by atoms with Crippen molar-refractivity contribution in [3.8, 4) is 6.07 Å². The Morgan fingerprint density at radius 1 is 1.00 bits per heavy atom. The Morgan fingerprint density at radius 2 is 1.69 bits per heavy atom. The Bertz CT molecular complexity index is 1020. The number of nitrogens with zero attached hydrogens (tertiary/aromatic N) is 1. The second-order valence-corrected chi connectivity index (χ2v) is 5.93. The minimum Gasteiger partial charge on any atom is -0.368 e. The van der Waals surface area contributed by atoms with Crippen molar-refractivity contribution in [2.45, 2.75) is 12.5 Å². The lowest BCUT2D eigenvalue weighted by Gasteiger charge is -2.17. The summed E-state index contributed by atoms with van der Waals surface area (Å²) in [7, 11) is 0. The molecule has 3 rings (SSSR count). The molecule has 5 heteroatoms. The summed E-state index contributed by atoms with van der Waals surface area (Å²) < 4.78 is 0. The van der Waals surface area contributed by atoms with Crippen molar-refractivity contribution in [3.05, 3.63) is 83.4 Å². The Hall–Kier alpha value is -3.65. The number of carbonyl (C=O) groups is 2. The first kappa shape index (κ1) is 17.2. The highest BCUT2D eigenvalue weighted by Gasteiger charge is 2.21. The highest BCUT2D eigenvalue weighted by atomic mass is 16.2. The first-order valence-electron chi connectivity index (χ1n) is 8.16. The Balaban J connectivity index is 1.87. The lowest BCUT2D eigenvalue weighted by molar-refractivity contribution is -0.119. The van der Waals surface area contributed by atoms with Crippen molar-refractivity contribution in [1.29, 1.82) is 5.26 Å². The fourth-order valence-electron chi connectivity index (χ4n) is 2.91. The summed E-state index contributed by atoms with van der Waals surface area (Å²) in [5, 5.41) is 13.6. The van der Waals surface area contributed by atoms with Crippen LogP contribution in [0, 0.1) is 11.3 Å². The lowest BCUT2D eigenvalue weighted by atomic mass is 9.99. The quantitative estimate of drug-likeness (QED) is 0.745. The average Bonchev–Trinajstić information content (AvgIpc) is 2.67. The number of hydrogen-bond acceptors (Lipinski definition) is 3.